The van der Waals surface area contributed by atoms with Crippen LogP contribution in [0.3, 0.4) is 0 Å². The van der Waals surface area contributed by atoms with Crippen molar-refractivity contribution < 1.29 is 9.47 Å². The lowest BCUT2D eigenvalue weighted by Gasteiger charge is -2.48. The second-order valence-electron chi connectivity index (χ2n) is 8.98. The van der Waals surface area contributed by atoms with Gasteiger partial charge in [-0.1, -0.05) is 17.8 Å². The Hall–Kier alpha value is -2.12. The van der Waals surface area contributed by atoms with Gasteiger partial charge in [0.2, 0.25) is 0 Å². The number of rotatable bonds is 4. The zero-order valence-corrected chi connectivity index (χ0v) is 17.7. The summed E-state index contributed by atoms with van der Waals surface area (Å²) in [5.41, 5.74) is 9.10. The van der Waals surface area contributed by atoms with Gasteiger partial charge in [-0.2, -0.15) is 0 Å². The normalized spacial score (nSPS) is 32.3. The molecule has 2 saturated carbocycles. The first-order valence-electron chi connectivity index (χ1n) is 10.9. The molecule has 1 aromatic carbocycles. The first kappa shape index (κ1) is 18.6. The van der Waals surface area contributed by atoms with Crippen molar-refractivity contribution in [3.8, 4) is 16.9 Å². The van der Waals surface area contributed by atoms with Crippen molar-refractivity contribution in [2.24, 2.45) is 22.6 Å². The maximum absolute atomic E-state index is 6.53. The smallest absolute Gasteiger partial charge is 0.154 e. The lowest BCUT2D eigenvalue weighted by atomic mass is 9.67. The molecule has 2 fully saturated rings. The Labute approximate surface area is 180 Å². The van der Waals surface area contributed by atoms with Crippen LogP contribution < -0.4 is 10.5 Å². The molecule has 2 aromatic rings. The summed E-state index contributed by atoms with van der Waals surface area (Å²) in [7, 11) is 0. The topological polar surface area (TPSA) is 82.6 Å². The summed E-state index contributed by atoms with van der Waals surface area (Å²) in [6.45, 7) is 0.908. The number of aromatic nitrogens is 2. The number of nitrogens with two attached hydrogens (primary N) is 1. The third kappa shape index (κ3) is 3.19. The molecule has 6 rings (SSSR count). The van der Waals surface area contributed by atoms with Crippen LogP contribution in [0.5, 0.6) is 5.75 Å². The van der Waals surface area contributed by atoms with Gasteiger partial charge in [0.05, 0.1) is 6.10 Å². The number of hydrogen-bond acceptors (Lipinski definition) is 7. The van der Waals surface area contributed by atoms with E-state index in [0.29, 0.717) is 11.3 Å². The Bertz CT molecular complexity index is 980. The predicted molar refractivity (Wildman–Crippen MR) is 117 cm³/mol. The van der Waals surface area contributed by atoms with Crippen molar-refractivity contribution in [1.29, 1.82) is 0 Å². The standard InChI is InChI=1S/C23H26N4O2S/c24-22-27-23(12-30-22)18-7-15(16-9-25-13-26-10-16)3-5-20(18)29-21-6-4-17(8-19(21)23)28-11-14-1-2-14/h3,5,7,9-10,13-14,17,19,21H,1-2,4,6,8,11-12H2,(H2,24,27)/t17-,19-,21?,23+/m0/s1. The number of ether oxygens (including phenoxy) is 2. The number of benzene rings is 1. The third-order valence-corrected chi connectivity index (χ3v) is 7.96. The number of thioether (sulfide) groups is 1. The molecule has 4 aliphatic rings. The lowest BCUT2D eigenvalue weighted by Crippen LogP contribution is -2.51. The van der Waals surface area contributed by atoms with Crippen LogP contribution in [0.2, 0.25) is 0 Å². The summed E-state index contributed by atoms with van der Waals surface area (Å²) >= 11 is 1.66. The number of amidine groups is 1. The average molecular weight is 423 g/mol. The second-order valence-corrected chi connectivity index (χ2v) is 9.97. The van der Waals surface area contributed by atoms with Gasteiger partial charge in [-0.3, -0.25) is 0 Å². The Morgan fingerprint density at radius 2 is 2.00 bits per heavy atom. The van der Waals surface area contributed by atoms with E-state index in [1.165, 1.54) is 12.8 Å². The van der Waals surface area contributed by atoms with E-state index in [1.807, 2.05) is 12.4 Å². The SMILES string of the molecule is NC1=N[C@]2(CS1)c1cc(-c3cncnc3)ccc1OC1CC[C@H](OCC3CC3)C[C@@H]12. The molecule has 0 bridgehead atoms. The molecule has 3 heterocycles. The molecule has 30 heavy (non-hydrogen) atoms. The molecule has 1 spiro atoms. The van der Waals surface area contributed by atoms with E-state index in [0.717, 1.165) is 60.0 Å². The first-order valence-corrected chi connectivity index (χ1v) is 11.9. The first-order chi connectivity index (χ1) is 14.7. The Kier molecular flexibility index (Phi) is 4.49. The van der Waals surface area contributed by atoms with Gasteiger partial charge in [-0.25, -0.2) is 15.0 Å². The molecular weight excluding hydrogens is 396 g/mol. The molecular formula is C23H26N4O2S. The van der Waals surface area contributed by atoms with Crippen LogP contribution in [-0.4, -0.2) is 39.7 Å². The Balaban J connectivity index is 1.38. The minimum Gasteiger partial charge on any atom is -0.490 e. The predicted octanol–water partition coefficient (Wildman–Crippen LogP) is 3.76. The van der Waals surface area contributed by atoms with Crippen molar-refractivity contribution >= 4 is 16.9 Å². The van der Waals surface area contributed by atoms with E-state index < -0.39 is 0 Å². The number of hydrogen-bond donors (Lipinski definition) is 1. The van der Waals surface area contributed by atoms with Crippen molar-refractivity contribution in [3.63, 3.8) is 0 Å². The summed E-state index contributed by atoms with van der Waals surface area (Å²) < 4.78 is 12.8. The number of aliphatic imine (C=N–C) groups is 1. The maximum Gasteiger partial charge on any atom is 0.154 e. The highest BCUT2D eigenvalue weighted by atomic mass is 32.2. The quantitative estimate of drug-likeness (QED) is 0.808. The molecule has 156 valence electrons. The van der Waals surface area contributed by atoms with E-state index in [2.05, 4.69) is 28.2 Å². The fourth-order valence-corrected chi connectivity index (χ4v) is 6.22. The highest BCUT2D eigenvalue weighted by Gasteiger charge is 2.54. The summed E-state index contributed by atoms with van der Waals surface area (Å²) in [5, 5.41) is 0.677. The van der Waals surface area contributed by atoms with Crippen molar-refractivity contribution in [1.82, 2.24) is 9.97 Å². The molecule has 4 atom stereocenters. The van der Waals surface area contributed by atoms with Gasteiger partial charge in [0.25, 0.3) is 0 Å². The van der Waals surface area contributed by atoms with Crippen LogP contribution in [-0.2, 0) is 10.3 Å². The molecule has 0 amide bonds. The molecule has 0 saturated heterocycles. The summed E-state index contributed by atoms with van der Waals surface area (Å²) in [4.78, 5) is 13.4. The lowest BCUT2D eigenvalue weighted by molar-refractivity contribution is -0.0564. The molecule has 1 unspecified atom stereocenters. The average Bonchev–Trinajstić information content (AvgIpc) is 3.54. The van der Waals surface area contributed by atoms with Crippen molar-refractivity contribution in [2.45, 2.75) is 49.9 Å². The van der Waals surface area contributed by atoms with Crippen LogP contribution in [0.15, 0.2) is 41.9 Å². The fraction of sp³-hybridized carbons (Fsp3) is 0.522. The van der Waals surface area contributed by atoms with Crippen LogP contribution >= 0.6 is 11.8 Å². The van der Waals surface area contributed by atoms with E-state index in [1.54, 1.807) is 18.1 Å². The molecule has 2 aliphatic carbocycles. The van der Waals surface area contributed by atoms with Gasteiger partial charge in [0.15, 0.2) is 5.17 Å². The Morgan fingerprint density at radius 1 is 1.13 bits per heavy atom. The summed E-state index contributed by atoms with van der Waals surface area (Å²) in [6, 6.07) is 6.38. The molecule has 2 aliphatic heterocycles. The van der Waals surface area contributed by atoms with Crippen molar-refractivity contribution in [2.75, 3.05) is 12.4 Å². The summed E-state index contributed by atoms with van der Waals surface area (Å²) in [5.74, 6) is 2.86. The molecule has 6 nitrogen and oxygen atoms in total. The fourth-order valence-electron chi connectivity index (χ4n) is 5.19. The van der Waals surface area contributed by atoms with Crippen LogP contribution in [0, 0.1) is 11.8 Å². The zero-order chi connectivity index (χ0) is 20.1. The van der Waals surface area contributed by atoms with Crippen LogP contribution in [0.1, 0.15) is 37.7 Å². The van der Waals surface area contributed by atoms with Gasteiger partial charge in [-0.05, 0) is 55.7 Å². The van der Waals surface area contributed by atoms with Gasteiger partial charge in [0.1, 0.15) is 23.7 Å². The highest BCUT2D eigenvalue weighted by Crippen LogP contribution is 2.55. The second kappa shape index (κ2) is 7.24. The van der Waals surface area contributed by atoms with Gasteiger partial charge in [0, 0.05) is 41.8 Å². The highest BCUT2D eigenvalue weighted by molar-refractivity contribution is 8.14. The minimum absolute atomic E-state index is 0.166. The van der Waals surface area contributed by atoms with Gasteiger partial charge >= 0.3 is 0 Å². The molecule has 0 radical (unpaired) electrons. The van der Waals surface area contributed by atoms with E-state index in [4.69, 9.17) is 20.2 Å². The minimum atomic E-state index is -0.347. The van der Waals surface area contributed by atoms with E-state index in [9.17, 15) is 0 Å². The van der Waals surface area contributed by atoms with Crippen molar-refractivity contribution in [3.05, 3.63) is 42.5 Å². The van der Waals surface area contributed by atoms with Gasteiger partial charge in [-0.15, -0.1) is 0 Å². The molecule has 7 heteroatoms. The molecule has 2 N–H and O–H groups in total. The van der Waals surface area contributed by atoms with E-state index >= 15 is 0 Å². The number of nitrogens with zero attached hydrogens (tertiary/aromatic N) is 3. The monoisotopic (exact) mass is 422 g/mol. The largest absolute Gasteiger partial charge is 0.490 e. The van der Waals surface area contributed by atoms with Crippen LogP contribution in [0.25, 0.3) is 11.1 Å². The van der Waals surface area contributed by atoms with Gasteiger partial charge < -0.3 is 15.2 Å². The van der Waals surface area contributed by atoms with E-state index in [-0.39, 0.29) is 17.6 Å². The number of fused-ring (bicyclic) bond motifs is 4. The Morgan fingerprint density at radius 3 is 2.77 bits per heavy atom. The maximum atomic E-state index is 6.53. The third-order valence-electron chi connectivity index (χ3n) is 6.98. The molecule has 1 aromatic heterocycles. The zero-order valence-electron chi connectivity index (χ0n) is 16.9. The summed E-state index contributed by atoms with van der Waals surface area (Å²) in [6.07, 6.45) is 11.4. The van der Waals surface area contributed by atoms with Crippen LogP contribution in [0.4, 0.5) is 0 Å².